The normalized spacial score (nSPS) is 24.4. The molecule has 0 fully saturated rings. The number of unbranched alkanes of at least 4 members (excludes halogenated alkanes) is 1. The fourth-order valence-electron chi connectivity index (χ4n) is 3.15. The number of hydrogen-bond acceptors (Lipinski definition) is 4. The van der Waals surface area contributed by atoms with Crippen LogP contribution in [0, 0.1) is 5.92 Å². The van der Waals surface area contributed by atoms with Crippen molar-refractivity contribution in [2.24, 2.45) is 5.92 Å². The number of carbonyl (C=O) groups excluding carboxylic acids is 4. The summed E-state index contributed by atoms with van der Waals surface area (Å²) in [7, 11) is 0. The van der Waals surface area contributed by atoms with Crippen LogP contribution in [0.4, 0.5) is 0 Å². The molecule has 32 heavy (non-hydrogen) atoms. The summed E-state index contributed by atoms with van der Waals surface area (Å²) in [4.78, 5) is 48.6. The first-order chi connectivity index (χ1) is 15.3. The lowest BCUT2D eigenvalue weighted by Gasteiger charge is -2.14. The van der Waals surface area contributed by atoms with Gasteiger partial charge in [0.2, 0.25) is 17.5 Å². The zero-order chi connectivity index (χ0) is 23.8. The Bertz CT molecular complexity index is 798. The monoisotopic (exact) mass is 439 g/mol. The summed E-state index contributed by atoms with van der Waals surface area (Å²) in [6.07, 6.45) is 22.0. The largest absolute Gasteiger partial charge is 0.349 e. The molecule has 0 spiro atoms. The topological polar surface area (TPSA) is 80.3 Å². The molecule has 0 aromatic heterocycles. The Morgan fingerprint density at radius 2 is 1.78 bits per heavy atom. The Morgan fingerprint density at radius 1 is 1.03 bits per heavy atom. The Morgan fingerprint density at radius 3 is 2.53 bits per heavy atom. The van der Waals surface area contributed by atoms with E-state index in [0.717, 1.165) is 24.8 Å². The molecular weight excluding hydrogens is 402 g/mol. The SMILES string of the molecule is CCCC=CCC1CC=C/C=C(\C)C=CCCC(=O)C(=O)C(=O)C(C)CCC=CC(=O)N1. The van der Waals surface area contributed by atoms with Crippen LogP contribution in [-0.2, 0) is 19.2 Å². The third kappa shape index (κ3) is 11.5. The van der Waals surface area contributed by atoms with Gasteiger partial charge in [0.15, 0.2) is 0 Å². The van der Waals surface area contributed by atoms with Gasteiger partial charge >= 0.3 is 0 Å². The highest BCUT2D eigenvalue weighted by Gasteiger charge is 2.26. The van der Waals surface area contributed by atoms with E-state index in [9.17, 15) is 19.2 Å². The Balaban J connectivity index is 2.93. The van der Waals surface area contributed by atoms with E-state index >= 15 is 0 Å². The molecule has 0 aliphatic carbocycles. The van der Waals surface area contributed by atoms with Crippen molar-refractivity contribution < 1.29 is 19.2 Å². The lowest BCUT2D eigenvalue weighted by atomic mass is 9.94. The van der Waals surface area contributed by atoms with E-state index < -0.39 is 23.3 Å². The summed E-state index contributed by atoms with van der Waals surface area (Å²) in [5.74, 6) is -2.94. The molecule has 0 bridgehead atoms. The van der Waals surface area contributed by atoms with Crippen molar-refractivity contribution in [2.75, 3.05) is 0 Å². The van der Waals surface area contributed by atoms with Crippen LogP contribution in [0.15, 0.2) is 60.3 Å². The van der Waals surface area contributed by atoms with Gasteiger partial charge in [0.05, 0.1) is 0 Å². The zero-order valence-electron chi connectivity index (χ0n) is 19.6. The van der Waals surface area contributed by atoms with E-state index in [-0.39, 0.29) is 18.4 Å². The second-order valence-electron chi connectivity index (χ2n) is 8.21. The Kier molecular flexibility index (Phi) is 13.5. The van der Waals surface area contributed by atoms with E-state index in [1.807, 2.05) is 37.3 Å². The lowest BCUT2D eigenvalue weighted by molar-refractivity contribution is -0.145. The summed E-state index contributed by atoms with van der Waals surface area (Å²) in [5, 5.41) is 3.03. The standard InChI is InChI=1S/C27H37NO4/c1-4-5-6-7-17-23-18-11-8-14-21(2)15-9-12-19-24(29)27(32)26(31)22(3)16-10-13-20-25(30)28-23/h6-9,11,13-15,20,22-23H,4-5,10,12,16-19H2,1-3H3,(H,28,30)/b7-6?,11-8?,15-9?,20-13?,21-14+. The third-order valence-electron chi connectivity index (χ3n) is 5.18. The van der Waals surface area contributed by atoms with Crippen LogP contribution in [0.25, 0.3) is 0 Å². The van der Waals surface area contributed by atoms with Gasteiger partial charge in [0, 0.05) is 18.4 Å². The molecule has 1 aliphatic rings. The molecule has 2 atom stereocenters. The summed E-state index contributed by atoms with van der Waals surface area (Å²) in [5.41, 5.74) is 1.01. The van der Waals surface area contributed by atoms with Crippen LogP contribution in [0.3, 0.4) is 0 Å². The van der Waals surface area contributed by atoms with Crippen molar-refractivity contribution in [1.82, 2.24) is 5.32 Å². The molecule has 174 valence electrons. The highest BCUT2D eigenvalue weighted by Crippen LogP contribution is 2.11. The predicted molar refractivity (Wildman–Crippen MR) is 129 cm³/mol. The average molecular weight is 440 g/mol. The zero-order valence-corrected chi connectivity index (χ0v) is 19.6. The molecule has 1 N–H and O–H groups in total. The molecule has 1 amide bonds. The van der Waals surface area contributed by atoms with Crippen molar-refractivity contribution in [1.29, 1.82) is 0 Å². The van der Waals surface area contributed by atoms with Gasteiger partial charge in [-0.25, -0.2) is 0 Å². The van der Waals surface area contributed by atoms with Crippen molar-refractivity contribution >= 4 is 23.3 Å². The molecule has 0 saturated heterocycles. The van der Waals surface area contributed by atoms with E-state index in [1.54, 1.807) is 13.0 Å². The molecule has 0 aromatic carbocycles. The molecule has 1 heterocycles. The van der Waals surface area contributed by atoms with E-state index in [2.05, 4.69) is 24.4 Å². The number of carbonyl (C=O) groups is 4. The van der Waals surface area contributed by atoms with Gasteiger partial charge in [-0.15, -0.1) is 0 Å². The second kappa shape index (κ2) is 15.9. The van der Waals surface area contributed by atoms with Crippen molar-refractivity contribution in [2.45, 2.75) is 78.2 Å². The minimum absolute atomic E-state index is 0.00418. The molecule has 5 nitrogen and oxygen atoms in total. The molecule has 0 saturated carbocycles. The first-order valence-electron chi connectivity index (χ1n) is 11.6. The van der Waals surface area contributed by atoms with Gasteiger partial charge in [-0.2, -0.15) is 0 Å². The van der Waals surface area contributed by atoms with Crippen LogP contribution in [0.1, 0.15) is 72.1 Å². The minimum atomic E-state index is -0.920. The number of hydrogen-bond donors (Lipinski definition) is 1. The first-order valence-corrected chi connectivity index (χ1v) is 11.6. The summed E-state index contributed by atoms with van der Waals surface area (Å²) in [6.45, 7) is 5.72. The Labute approximate surface area is 192 Å². The minimum Gasteiger partial charge on any atom is -0.349 e. The smallest absolute Gasteiger partial charge is 0.264 e. The van der Waals surface area contributed by atoms with Crippen LogP contribution >= 0.6 is 0 Å². The average Bonchev–Trinajstić information content (AvgIpc) is 2.77. The number of Topliss-reactive ketones (excluding diaryl/α,β-unsaturated/α-hetero) is 3. The molecule has 5 heteroatoms. The third-order valence-corrected chi connectivity index (χ3v) is 5.18. The van der Waals surface area contributed by atoms with Crippen molar-refractivity contribution in [3.05, 3.63) is 60.3 Å². The summed E-state index contributed by atoms with van der Waals surface area (Å²) in [6, 6.07) is -0.00418. The molecule has 2 unspecified atom stereocenters. The second-order valence-corrected chi connectivity index (χ2v) is 8.21. The van der Waals surface area contributed by atoms with Crippen LogP contribution < -0.4 is 5.32 Å². The van der Waals surface area contributed by atoms with Gasteiger partial charge < -0.3 is 5.32 Å². The lowest BCUT2D eigenvalue weighted by Crippen LogP contribution is -2.32. The van der Waals surface area contributed by atoms with E-state index in [1.165, 1.54) is 6.08 Å². The van der Waals surface area contributed by atoms with Crippen molar-refractivity contribution in [3.63, 3.8) is 0 Å². The fraction of sp³-hybridized carbons (Fsp3) is 0.481. The van der Waals surface area contributed by atoms with Crippen LogP contribution in [-0.4, -0.2) is 29.3 Å². The summed E-state index contributed by atoms with van der Waals surface area (Å²) < 4.78 is 0. The van der Waals surface area contributed by atoms with Gasteiger partial charge in [-0.1, -0.05) is 74.4 Å². The van der Waals surface area contributed by atoms with Gasteiger partial charge in [0.25, 0.3) is 5.78 Å². The number of rotatable bonds is 4. The fourth-order valence-corrected chi connectivity index (χ4v) is 3.15. The van der Waals surface area contributed by atoms with E-state index in [0.29, 0.717) is 25.7 Å². The van der Waals surface area contributed by atoms with Gasteiger partial charge in [-0.3, -0.25) is 19.2 Å². The van der Waals surface area contributed by atoms with Gasteiger partial charge in [-0.05, 0) is 51.5 Å². The Hall–Kier alpha value is -2.82. The highest BCUT2D eigenvalue weighted by atomic mass is 16.2. The summed E-state index contributed by atoms with van der Waals surface area (Å²) >= 11 is 0. The van der Waals surface area contributed by atoms with Crippen molar-refractivity contribution in [3.8, 4) is 0 Å². The molecule has 0 radical (unpaired) electrons. The van der Waals surface area contributed by atoms with Gasteiger partial charge in [0.1, 0.15) is 0 Å². The van der Waals surface area contributed by atoms with Crippen LogP contribution in [0.2, 0.25) is 0 Å². The maximum Gasteiger partial charge on any atom is 0.264 e. The number of nitrogens with one attached hydrogen (secondary N) is 1. The first kappa shape index (κ1) is 27.2. The maximum absolute atomic E-state index is 12.3. The number of allylic oxidation sites excluding steroid dienone is 7. The molecular formula is C27H37NO4. The number of amides is 1. The molecule has 0 aromatic rings. The molecule has 1 rings (SSSR count). The highest BCUT2D eigenvalue weighted by molar-refractivity contribution is 6.64. The maximum atomic E-state index is 12.3. The quantitative estimate of drug-likeness (QED) is 0.486. The van der Waals surface area contributed by atoms with E-state index in [4.69, 9.17) is 0 Å². The predicted octanol–water partition coefficient (Wildman–Crippen LogP) is 5.14. The molecule has 1 aliphatic heterocycles. The number of ketones is 3. The van der Waals surface area contributed by atoms with Crippen LogP contribution in [0.5, 0.6) is 0 Å².